The van der Waals surface area contributed by atoms with Gasteiger partial charge in [-0.15, -0.1) is 0 Å². The van der Waals surface area contributed by atoms with E-state index >= 15 is 0 Å². The summed E-state index contributed by atoms with van der Waals surface area (Å²) in [6.07, 6.45) is 2.80. The first-order valence-electron chi connectivity index (χ1n) is 10.2. The summed E-state index contributed by atoms with van der Waals surface area (Å²) in [7, 11) is -3.95. The number of nitrogens with zero attached hydrogens (tertiary/aromatic N) is 1. The lowest BCUT2D eigenvalue weighted by Gasteiger charge is -2.28. The summed E-state index contributed by atoms with van der Waals surface area (Å²) in [6.45, 7) is -0.312. The number of carbonyl (C=O) groups excluding carboxylic acids is 1. The lowest BCUT2D eigenvalue weighted by atomic mass is 9.88. The van der Waals surface area contributed by atoms with Crippen LogP contribution in [0.5, 0.6) is 0 Å². The number of hydrogen-bond acceptors (Lipinski definition) is 3. The number of carbonyl (C=O) groups is 1. The molecule has 1 amide bonds. The van der Waals surface area contributed by atoms with Crippen molar-refractivity contribution in [2.45, 2.75) is 30.2 Å². The molecule has 1 atom stereocenters. The van der Waals surface area contributed by atoms with Gasteiger partial charge in [0.1, 0.15) is 6.54 Å². The fraction of sp³-hybridized carbons (Fsp3) is 0.208. The van der Waals surface area contributed by atoms with Crippen molar-refractivity contribution in [2.24, 2.45) is 0 Å². The average molecular weight is 455 g/mol. The van der Waals surface area contributed by atoms with Gasteiger partial charge in [0.25, 0.3) is 10.0 Å². The first kappa shape index (κ1) is 21.4. The number of para-hydroxylation sites is 1. The number of aryl methyl sites for hydroxylation is 1. The minimum atomic E-state index is -3.95. The molecular formula is C24H23ClN2O3S. The van der Waals surface area contributed by atoms with Crippen LogP contribution in [0.1, 0.15) is 30.0 Å². The molecule has 4 rings (SSSR count). The van der Waals surface area contributed by atoms with Gasteiger partial charge in [0.05, 0.1) is 16.6 Å². The van der Waals surface area contributed by atoms with Gasteiger partial charge in [-0.2, -0.15) is 0 Å². The highest BCUT2D eigenvalue weighted by atomic mass is 35.5. The van der Waals surface area contributed by atoms with Gasteiger partial charge in [0.2, 0.25) is 5.91 Å². The van der Waals surface area contributed by atoms with Crippen LogP contribution in [-0.4, -0.2) is 20.9 Å². The summed E-state index contributed by atoms with van der Waals surface area (Å²) >= 11 is 5.92. The zero-order chi connectivity index (χ0) is 21.8. The van der Waals surface area contributed by atoms with Crippen LogP contribution in [0.2, 0.25) is 5.02 Å². The van der Waals surface area contributed by atoms with E-state index in [1.165, 1.54) is 29.8 Å². The molecule has 0 fully saturated rings. The number of anilines is 1. The molecule has 0 radical (unpaired) electrons. The molecule has 160 valence electrons. The third-order valence-electron chi connectivity index (χ3n) is 5.44. The van der Waals surface area contributed by atoms with Crippen molar-refractivity contribution in [3.8, 4) is 0 Å². The highest BCUT2D eigenvalue weighted by Gasteiger charge is 2.29. The van der Waals surface area contributed by atoms with Gasteiger partial charge in [0, 0.05) is 5.02 Å². The molecule has 3 aromatic rings. The van der Waals surface area contributed by atoms with Crippen molar-refractivity contribution in [2.75, 3.05) is 10.8 Å². The van der Waals surface area contributed by atoms with E-state index < -0.39 is 10.0 Å². The summed E-state index contributed by atoms with van der Waals surface area (Å²) in [5, 5.41) is 3.49. The third kappa shape index (κ3) is 4.75. The van der Waals surface area contributed by atoms with Crippen molar-refractivity contribution in [1.82, 2.24) is 5.32 Å². The van der Waals surface area contributed by atoms with Crippen LogP contribution >= 0.6 is 11.6 Å². The zero-order valence-electron chi connectivity index (χ0n) is 16.9. The number of nitrogens with one attached hydrogen (secondary N) is 1. The maximum atomic E-state index is 13.4. The van der Waals surface area contributed by atoms with Crippen LogP contribution in [0.4, 0.5) is 5.69 Å². The molecule has 0 spiro atoms. The second kappa shape index (κ2) is 9.12. The van der Waals surface area contributed by atoms with Crippen molar-refractivity contribution >= 4 is 33.2 Å². The van der Waals surface area contributed by atoms with Crippen LogP contribution in [-0.2, 0) is 21.2 Å². The van der Waals surface area contributed by atoms with Gasteiger partial charge < -0.3 is 5.32 Å². The van der Waals surface area contributed by atoms with E-state index in [0.29, 0.717) is 10.7 Å². The topological polar surface area (TPSA) is 66.5 Å². The Morgan fingerprint density at radius 2 is 1.65 bits per heavy atom. The Bertz CT molecular complexity index is 1160. The van der Waals surface area contributed by atoms with Crippen LogP contribution in [0.3, 0.4) is 0 Å². The molecule has 0 heterocycles. The molecule has 1 aliphatic rings. The second-order valence-electron chi connectivity index (χ2n) is 7.51. The largest absolute Gasteiger partial charge is 0.348 e. The molecule has 0 saturated carbocycles. The third-order valence-corrected chi connectivity index (χ3v) is 7.48. The first-order valence-corrected chi connectivity index (χ1v) is 12.0. The molecule has 1 N–H and O–H groups in total. The summed E-state index contributed by atoms with van der Waals surface area (Å²) in [5.41, 5.74) is 2.76. The van der Waals surface area contributed by atoms with Gasteiger partial charge in [-0.1, -0.05) is 54.1 Å². The van der Waals surface area contributed by atoms with Crippen molar-refractivity contribution in [3.63, 3.8) is 0 Å². The van der Waals surface area contributed by atoms with Gasteiger partial charge in [-0.05, 0) is 66.8 Å². The molecule has 0 aromatic heterocycles. The number of benzene rings is 3. The van der Waals surface area contributed by atoms with E-state index in [4.69, 9.17) is 11.6 Å². The Morgan fingerprint density at radius 1 is 0.968 bits per heavy atom. The second-order valence-corrected chi connectivity index (χ2v) is 9.81. The lowest BCUT2D eigenvalue weighted by molar-refractivity contribution is -0.120. The minimum absolute atomic E-state index is 0.0802. The van der Waals surface area contributed by atoms with Crippen molar-refractivity contribution in [1.29, 1.82) is 0 Å². The number of sulfonamides is 1. The minimum Gasteiger partial charge on any atom is -0.348 e. The first-order chi connectivity index (χ1) is 14.9. The van der Waals surface area contributed by atoms with E-state index in [-0.39, 0.29) is 23.4 Å². The standard InChI is InChI=1S/C24H23ClN2O3S/c25-19-13-15-21(16-14-19)31(29,30)27(20-9-2-1-3-10-20)17-24(28)26-23-12-6-8-18-7-4-5-11-22(18)23/h1-5,7,9-11,13-16,23H,6,8,12,17H2,(H,26,28). The average Bonchev–Trinajstić information content (AvgIpc) is 2.78. The van der Waals surface area contributed by atoms with Crippen LogP contribution in [0.25, 0.3) is 0 Å². The Balaban J connectivity index is 1.60. The Hall–Kier alpha value is -2.83. The summed E-state index contributed by atoms with van der Waals surface area (Å²) in [4.78, 5) is 13.1. The predicted octanol–water partition coefficient (Wildman–Crippen LogP) is 4.73. The van der Waals surface area contributed by atoms with E-state index in [9.17, 15) is 13.2 Å². The van der Waals surface area contributed by atoms with E-state index in [2.05, 4.69) is 11.4 Å². The Labute approximate surface area is 187 Å². The van der Waals surface area contributed by atoms with E-state index in [0.717, 1.165) is 29.1 Å². The van der Waals surface area contributed by atoms with Crippen LogP contribution in [0.15, 0.2) is 83.8 Å². The quantitative estimate of drug-likeness (QED) is 0.585. The highest BCUT2D eigenvalue weighted by molar-refractivity contribution is 7.92. The maximum absolute atomic E-state index is 13.4. The molecule has 7 heteroatoms. The number of hydrogen-bond donors (Lipinski definition) is 1. The fourth-order valence-corrected chi connectivity index (χ4v) is 5.46. The molecule has 5 nitrogen and oxygen atoms in total. The summed E-state index contributed by atoms with van der Waals surface area (Å²) < 4.78 is 27.9. The number of fused-ring (bicyclic) bond motifs is 1. The molecule has 3 aromatic carbocycles. The van der Waals surface area contributed by atoms with Gasteiger partial charge >= 0.3 is 0 Å². The molecule has 1 unspecified atom stereocenters. The number of halogens is 1. The van der Waals surface area contributed by atoms with Gasteiger partial charge in [0.15, 0.2) is 0 Å². The van der Waals surface area contributed by atoms with Gasteiger partial charge in [-0.25, -0.2) is 8.42 Å². The fourth-order valence-electron chi connectivity index (χ4n) is 3.92. The Kier molecular flexibility index (Phi) is 6.30. The molecular weight excluding hydrogens is 432 g/mol. The smallest absolute Gasteiger partial charge is 0.264 e. The molecule has 0 aliphatic heterocycles. The van der Waals surface area contributed by atoms with Gasteiger partial charge in [-0.3, -0.25) is 9.10 Å². The molecule has 0 saturated heterocycles. The summed E-state index contributed by atoms with van der Waals surface area (Å²) in [6, 6.07) is 22.5. The van der Waals surface area contributed by atoms with Crippen LogP contribution in [0, 0.1) is 0 Å². The highest BCUT2D eigenvalue weighted by Crippen LogP contribution is 2.30. The predicted molar refractivity (Wildman–Crippen MR) is 123 cm³/mol. The van der Waals surface area contributed by atoms with Crippen molar-refractivity contribution in [3.05, 3.63) is 95.0 Å². The number of amides is 1. The molecule has 31 heavy (non-hydrogen) atoms. The normalized spacial score (nSPS) is 15.7. The van der Waals surface area contributed by atoms with Crippen LogP contribution < -0.4 is 9.62 Å². The Morgan fingerprint density at radius 3 is 2.39 bits per heavy atom. The molecule has 1 aliphatic carbocycles. The maximum Gasteiger partial charge on any atom is 0.264 e. The SMILES string of the molecule is O=C(CN(c1ccccc1)S(=O)(=O)c1ccc(Cl)cc1)NC1CCCc2ccccc21. The molecule has 0 bridgehead atoms. The van der Waals surface area contributed by atoms with Crippen molar-refractivity contribution < 1.29 is 13.2 Å². The van der Waals surface area contributed by atoms with E-state index in [1.54, 1.807) is 30.3 Å². The van der Waals surface area contributed by atoms with E-state index in [1.807, 2.05) is 18.2 Å². The zero-order valence-corrected chi connectivity index (χ0v) is 18.4. The summed E-state index contributed by atoms with van der Waals surface area (Å²) in [5.74, 6) is -0.344. The lowest BCUT2D eigenvalue weighted by Crippen LogP contribution is -2.42. The monoisotopic (exact) mass is 454 g/mol. The number of rotatable bonds is 6.